The van der Waals surface area contributed by atoms with Gasteiger partial charge in [-0.1, -0.05) is 12.1 Å². The van der Waals surface area contributed by atoms with E-state index in [4.69, 9.17) is 4.74 Å². The van der Waals surface area contributed by atoms with Crippen molar-refractivity contribution >= 4 is 5.97 Å². The zero-order chi connectivity index (χ0) is 15.5. The van der Waals surface area contributed by atoms with Gasteiger partial charge in [-0.3, -0.25) is 4.57 Å². The normalized spacial score (nSPS) is 10.6. The molecule has 0 aliphatic carbocycles. The highest BCUT2D eigenvalue weighted by atomic mass is 19.1. The Morgan fingerprint density at radius 3 is 2.86 bits per heavy atom. The van der Waals surface area contributed by atoms with E-state index in [1.54, 1.807) is 45.7 Å². The summed E-state index contributed by atoms with van der Waals surface area (Å²) < 4.78 is 21.9. The van der Waals surface area contributed by atoms with Crippen LogP contribution >= 0.6 is 0 Å². The summed E-state index contributed by atoms with van der Waals surface area (Å²) in [5.74, 6) is -0.308. The second-order valence-electron chi connectivity index (χ2n) is 4.58. The molecule has 0 N–H and O–H groups in total. The first-order valence-electron chi connectivity index (χ1n) is 6.58. The fourth-order valence-corrected chi connectivity index (χ4v) is 2.21. The maximum atomic E-state index is 13.9. The van der Waals surface area contributed by atoms with E-state index in [1.165, 1.54) is 19.5 Å². The van der Waals surface area contributed by atoms with E-state index in [1.807, 2.05) is 0 Å². The molecule has 2 heterocycles. The Morgan fingerprint density at radius 2 is 2.09 bits per heavy atom. The predicted molar refractivity (Wildman–Crippen MR) is 76.2 cm³/mol. The minimum absolute atomic E-state index is 0.270. The van der Waals surface area contributed by atoms with Gasteiger partial charge < -0.3 is 9.30 Å². The SMILES string of the molecule is COC(=O)c1cccn1Cc1nncn1-c1ccccc1F. The van der Waals surface area contributed by atoms with E-state index in [2.05, 4.69) is 10.2 Å². The minimum atomic E-state index is -0.443. The van der Waals surface area contributed by atoms with Crippen LogP contribution in [0.3, 0.4) is 0 Å². The first kappa shape index (κ1) is 14.0. The number of hydrogen-bond donors (Lipinski definition) is 0. The van der Waals surface area contributed by atoms with Crippen LogP contribution < -0.4 is 0 Å². The number of aromatic nitrogens is 4. The molecule has 22 heavy (non-hydrogen) atoms. The number of halogens is 1. The van der Waals surface area contributed by atoms with Gasteiger partial charge in [0.05, 0.1) is 19.3 Å². The number of carbonyl (C=O) groups is 1. The van der Waals surface area contributed by atoms with Gasteiger partial charge in [-0.15, -0.1) is 10.2 Å². The van der Waals surface area contributed by atoms with Gasteiger partial charge in [-0.05, 0) is 24.3 Å². The molecule has 1 aromatic carbocycles. The number of ether oxygens (including phenoxy) is 1. The molecule has 7 heteroatoms. The van der Waals surface area contributed by atoms with Gasteiger partial charge in [0.25, 0.3) is 0 Å². The number of nitrogens with zero attached hydrogens (tertiary/aromatic N) is 4. The third-order valence-electron chi connectivity index (χ3n) is 3.27. The summed E-state index contributed by atoms with van der Waals surface area (Å²) in [6.45, 7) is 0.270. The molecule has 0 fully saturated rings. The van der Waals surface area contributed by atoms with Crippen LogP contribution in [-0.2, 0) is 11.3 Å². The summed E-state index contributed by atoms with van der Waals surface area (Å²) in [5, 5.41) is 7.84. The Kier molecular flexibility index (Phi) is 3.69. The highest BCUT2D eigenvalue weighted by Crippen LogP contribution is 2.15. The molecule has 112 valence electrons. The molecule has 0 atom stereocenters. The summed E-state index contributed by atoms with van der Waals surface area (Å²) in [5.41, 5.74) is 0.750. The molecule has 0 spiro atoms. The Balaban J connectivity index is 1.96. The third-order valence-corrected chi connectivity index (χ3v) is 3.27. The fraction of sp³-hybridized carbons (Fsp3) is 0.133. The fourth-order valence-electron chi connectivity index (χ4n) is 2.21. The van der Waals surface area contributed by atoms with E-state index in [0.717, 1.165) is 0 Å². The maximum Gasteiger partial charge on any atom is 0.354 e. The van der Waals surface area contributed by atoms with Crippen LogP contribution in [0.2, 0.25) is 0 Å². The second kappa shape index (κ2) is 5.80. The van der Waals surface area contributed by atoms with Crippen molar-refractivity contribution < 1.29 is 13.9 Å². The van der Waals surface area contributed by atoms with Crippen molar-refractivity contribution in [3.8, 4) is 5.69 Å². The lowest BCUT2D eigenvalue weighted by molar-refractivity contribution is 0.0589. The van der Waals surface area contributed by atoms with Gasteiger partial charge in [0.1, 0.15) is 17.8 Å². The summed E-state index contributed by atoms with van der Waals surface area (Å²) in [7, 11) is 1.32. The molecule has 0 bridgehead atoms. The molecular weight excluding hydrogens is 287 g/mol. The zero-order valence-corrected chi connectivity index (χ0v) is 11.8. The first-order valence-corrected chi connectivity index (χ1v) is 6.58. The van der Waals surface area contributed by atoms with E-state index >= 15 is 0 Å². The average molecular weight is 300 g/mol. The topological polar surface area (TPSA) is 61.9 Å². The molecule has 0 radical (unpaired) electrons. The molecular formula is C15H13FN4O2. The van der Waals surface area contributed by atoms with Crippen LogP contribution in [-0.4, -0.2) is 32.4 Å². The molecule has 0 saturated carbocycles. The van der Waals surface area contributed by atoms with Crippen molar-refractivity contribution in [1.82, 2.24) is 19.3 Å². The van der Waals surface area contributed by atoms with Crippen molar-refractivity contribution in [1.29, 1.82) is 0 Å². The van der Waals surface area contributed by atoms with Crippen LogP contribution in [0.4, 0.5) is 4.39 Å². The Hall–Kier alpha value is -2.96. The van der Waals surface area contributed by atoms with Crippen molar-refractivity contribution in [3.63, 3.8) is 0 Å². The largest absolute Gasteiger partial charge is 0.464 e. The van der Waals surface area contributed by atoms with Crippen LogP contribution in [0.25, 0.3) is 5.69 Å². The molecule has 3 rings (SSSR count). The first-order chi connectivity index (χ1) is 10.7. The Bertz CT molecular complexity index is 809. The van der Waals surface area contributed by atoms with Gasteiger partial charge in [0.2, 0.25) is 0 Å². The predicted octanol–water partition coefficient (Wildman–Crippen LogP) is 2.04. The number of methoxy groups -OCH3 is 1. The molecule has 3 aromatic rings. The van der Waals surface area contributed by atoms with Gasteiger partial charge in [-0.25, -0.2) is 9.18 Å². The van der Waals surface area contributed by atoms with Crippen LogP contribution in [0.5, 0.6) is 0 Å². The lowest BCUT2D eigenvalue weighted by Gasteiger charge is -2.10. The molecule has 0 unspecified atom stereocenters. The highest BCUT2D eigenvalue weighted by molar-refractivity contribution is 5.87. The zero-order valence-electron chi connectivity index (χ0n) is 11.8. The summed E-state index contributed by atoms with van der Waals surface area (Å²) >= 11 is 0. The van der Waals surface area contributed by atoms with E-state index in [-0.39, 0.29) is 12.4 Å². The monoisotopic (exact) mass is 300 g/mol. The van der Waals surface area contributed by atoms with Crippen LogP contribution in [0.1, 0.15) is 16.3 Å². The number of para-hydroxylation sites is 1. The Labute approximate surface area is 125 Å². The lowest BCUT2D eigenvalue weighted by atomic mass is 10.3. The minimum Gasteiger partial charge on any atom is -0.464 e. The summed E-state index contributed by atoms with van der Waals surface area (Å²) in [6.07, 6.45) is 3.17. The Morgan fingerprint density at radius 1 is 1.27 bits per heavy atom. The highest BCUT2D eigenvalue weighted by Gasteiger charge is 2.15. The maximum absolute atomic E-state index is 13.9. The smallest absolute Gasteiger partial charge is 0.354 e. The van der Waals surface area contributed by atoms with Gasteiger partial charge in [0, 0.05) is 6.20 Å². The number of carbonyl (C=O) groups excluding carboxylic acids is 1. The van der Waals surface area contributed by atoms with Crippen molar-refractivity contribution in [3.05, 3.63) is 66.3 Å². The summed E-state index contributed by atoms with van der Waals surface area (Å²) in [4.78, 5) is 11.7. The van der Waals surface area contributed by atoms with Gasteiger partial charge >= 0.3 is 5.97 Å². The summed E-state index contributed by atoms with van der Waals surface area (Å²) in [6, 6.07) is 9.74. The molecule has 2 aromatic heterocycles. The van der Waals surface area contributed by atoms with E-state index < -0.39 is 5.97 Å². The second-order valence-corrected chi connectivity index (χ2v) is 4.58. The standard InChI is InChI=1S/C15H13FN4O2/c1-22-15(21)13-7-4-8-19(13)9-14-18-17-10-20(14)12-6-3-2-5-11(12)16/h2-8,10H,9H2,1H3. The lowest BCUT2D eigenvalue weighted by Crippen LogP contribution is -2.13. The quantitative estimate of drug-likeness (QED) is 0.692. The molecule has 0 aliphatic heterocycles. The molecule has 0 aliphatic rings. The third kappa shape index (κ3) is 2.48. The number of benzene rings is 1. The van der Waals surface area contributed by atoms with Crippen molar-refractivity contribution in [2.24, 2.45) is 0 Å². The van der Waals surface area contributed by atoms with Gasteiger partial charge in [0.15, 0.2) is 5.82 Å². The molecule has 0 amide bonds. The average Bonchev–Trinajstić information content (AvgIpc) is 3.17. The number of esters is 1. The number of rotatable bonds is 4. The van der Waals surface area contributed by atoms with Crippen LogP contribution in [0.15, 0.2) is 48.9 Å². The molecule has 0 saturated heterocycles. The van der Waals surface area contributed by atoms with E-state index in [0.29, 0.717) is 17.2 Å². The van der Waals surface area contributed by atoms with Gasteiger partial charge in [-0.2, -0.15) is 0 Å². The van der Waals surface area contributed by atoms with Crippen molar-refractivity contribution in [2.45, 2.75) is 6.54 Å². The number of hydrogen-bond acceptors (Lipinski definition) is 4. The van der Waals surface area contributed by atoms with E-state index in [9.17, 15) is 9.18 Å². The van der Waals surface area contributed by atoms with Crippen molar-refractivity contribution in [2.75, 3.05) is 7.11 Å². The molecule has 6 nitrogen and oxygen atoms in total. The van der Waals surface area contributed by atoms with Crippen LogP contribution in [0, 0.1) is 5.82 Å².